The van der Waals surface area contributed by atoms with Crippen molar-refractivity contribution in [1.29, 1.82) is 0 Å². The standard InChI is InChI=1S/C9H16N4O/c1-3-4-5-6-10-9(14)8-7-11-13(2)12-8/h7H,3-6H2,1-2H3,(H,10,14). The molecular weight excluding hydrogens is 180 g/mol. The Morgan fingerprint density at radius 1 is 1.57 bits per heavy atom. The van der Waals surface area contributed by atoms with Crippen molar-refractivity contribution >= 4 is 5.91 Å². The zero-order valence-electron chi connectivity index (χ0n) is 8.66. The minimum Gasteiger partial charge on any atom is -0.351 e. The molecule has 0 radical (unpaired) electrons. The lowest BCUT2D eigenvalue weighted by Crippen LogP contribution is -2.24. The number of aryl methyl sites for hydroxylation is 1. The maximum absolute atomic E-state index is 11.4. The van der Waals surface area contributed by atoms with E-state index in [0.717, 1.165) is 19.3 Å². The van der Waals surface area contributed by atoms with E-state index in [1.54, 1.807) is 7.05 Å². The number of nitrogens with zero attached hydrogens (tertiary/aromatic N) is 3. The van der Waals surface area contributed by atoms with E-state index in [4.69, 9.17) is 0 Å². The van der Waals surface area contributed by atoms with E-state index in [1.807, 2.05) is 0 Å². The Balaban J connectivity index is 2.29. The zero-order chi connectivity index (χ0) is 10.4. The summed E-state index contributed by atoms with van der Waals surface area (Å²) in [6.45, 7) is 2.84. The molecule has 0 aliphatic carbocycles. The molecule has 5 nitrogen and oxygen atoms in total. The van der Waals surface area contributed by atoms with Gasteiger partial charge in [0.2, 0.25) is 0 Å². The third-order valence-electron chi connectivity index (χ3n) is 1.90. The average Bonchev–Trinajstić information content (AvgIpc) is 2.59. The summed E-state index contributed by atoms with van der Waals surface area (Å²) in [5.41, 5.74) is 0.379. The van der Waals surface area contributed by atoms with Crippen molar-refractivity contribution in [2.45, 2.75) is 26.2 Å². The summed E-state index contributed by atoms with van der Waals surface area (Å²) in [6, 6.07) is 0. The molecule has 1 N–H and O–H groups in total. The van der Waals surface area contributed by atoms with Gasteiger partial charge in [-0.3, -0.25) is 4.79 Å². The van der Waals surface area contributed by atoms with E-state index in [1.165, 1.54) is 11.0 Å². The van der Waals surface area contributed by atoms with Crippen LogP contribution in [0.3, 0.4) is 0 Å². The van der Waals surface area contributed by atoms with Gasteiger partial charge in [-0.1, -0.05) is 19.8 Å². The predicted molar refractivity (Wildman–Crippen MR) is 52.9 cm³/mol. The highest BCUT2D eigenvalue weighted by Gasteiger charge is 2.07. The summed E-state index contributed by atoms with van der Waals surface area (Å²) in [4.78, 5) is 12.8. The van der Waals surface area contributed by atoms with E-state index in [9.17, 15) is 4.79 Å². The van der Waals surface area contributed by atoms with Gasteiger partial charge in [-0.25, -0.2) is 0 Å². The quantitative estimate of drug-likeness (QED) is 0.706. The number of rotatable bonds is 5. The first-order chi connectivity index (χ1) is 6.74. The maximum atomic E-state index is 11.4. The maximum Gasteiger partial charge on any atom is 0.273 e. The van der Waals surface area contributed by atoms with Crippen LogP contribution in [0.1, 0.15) is 36.7 Å². The number of carbonyl (C=O) groups excluding carboxylic acids is 1. The largest absolute Gasteiger partial charge is 0.351 e. The second-order valence-corrected chi connectivity index (χ2v) is 3.18. The van der Waals surface area contributed by atoms with Gasteiger partial charge in [0.15, 0.2) is 5.69 Å². The number of nitrogens with one attached hydrogen (secondary N) is 1. The fourth-order valence-electron chi connectivity index (χ4n) is 1.12. The molecule has 78 valence electrons. The molecular formula is C9H16N4O. The number of aromatic nitrogens is 3. The van der Waals surface area contributed by atoms with Gasteiger partial charge in [0.25, 0.3) is 5.91 Å². The van der Waals surface area contributed by atoms with Crippen LogP contribution in [-0.4, -0.2) is 27.4 Å². The van der Waals surface area contributed by atoms with Gasteiger partial charge >= 0.3 is 0 Å². The average molecular weight is 196 g/mol. The van der Waals surface area contributed by atoms with E-state index in [-0.39, 0.29) is 5.91 Å². The van der Waals surface area contributed by atoms with Crippen LogP contribution in [0, 0.1) is 0 Å². The van der Waals surface area contributed by atoms with Crippen LogP contribution in [0.2, 0.25) is 0 Å². The van der Waals surface area contributed by atoms with Crippen LogP contribution in [0.25, 0.3) is 0 Å². The van der Waals surface area contributed by atoms with Crippen molar-refractivity contribution < 1.29 is 4.79 Å². The van der Waals surface area contributed by atoms with Crippen molar-refractivity contribution in [3.63, 3.8) is 0 Å². The van der Waals surface area contributed by atoms with Crippen molar-refractivity contribution in [3.05, 3.63) is 11.9 Å². The monoisotopic (exact) mass is 196 g/mol. The Morgan fingerprint density at radius 3 is 2.93 bits per heavy atom. The molecule has 1 amide bonds. The number of hydrogen-bond acceptors (Lipinski definition) is 3. The molecule has 0 bridgehead atoms. The lowest BCUT2D eigenvalue weighted by Gasteiger charge is -2.00. The molecule has 1 aromatic rings. The Morgan fingerprint density at radius 2 is 2.36 bits per heavy atom. The number of carbonyl (C=O) groups is 1. The van der Waals surface area contributed by atoms with E-state index in [2.05, 4.69) is 22.4 Å². The Labute approximate surface area is 83.5 Å². The Kier molecular flexibility index (Phi) is 4.10. The Hall–Kier alpha value is -1.39. The second kappa shape index (κ2) is 5.36. The molecule has 14 heavy (non-hydrogen) atoms. The molecule has 1 rings (SSSR count). The highest BCUT2D eigenvalue weighted by atomic mass is 16.2. The summed E-state index contributed by atoms with van der Waals surface area (Å²) in [5.74, 6) is -0.144. The van der Waals surface area contributed by atoms with Gasteiger partial charge in [0, 0.05) is 13.6 Å². The van der Waals surface area contributed by atoms with Crippen molar-refractivity contribution in [2.75, 3.05) is 6.54 Å². The van der Waals surface area contributed by atoms with Gasteiger partial charge in [0.1, 0.15) is 0 Å². The summed E-state index contributed by atoms with van der Waals surface area (Å²) in [7, 11) is 1.69. The minimum atomic E-state index is -0.144. The fourth-order valence-corrected chi connectivity index (χ4v) is 1.12. The second-order valence-electron chi connectivity index (χ2n) is 3.18. The van der Waals surface area contributed by atoms with Crippen LogP contribution >= 0.6 is 0 Å². The predicted octanol–water partition coefficient (Wildman–Crippen LogP) is 0.735. The minimum absolute atomic E-state index is 0.144. The summed E-state index contributed by atoms with van der Waals surface area (Å²) < 4.78 is 0. The third-order valence-corrected chi connectivity index (χ3v) is 1.90. The van der Waals surface area contributed by atoms with Crippen molar-refractivity contribution in [3.8, 4) is 0 Å². The summed E-state index contributed by atoms with van der Waals surface area (Å²) in [5, 5.41) is 10.5. The number of amides is 1. The highest BCUT2D eigenvalue weighted by Crippen LogP contribution is 1.93. The van der Waals surface area contributed by atoms with Crippen LogP contribution in [0.5, 0.6) is 0 Å². The van der Waals surface area contributed by atoms with Gasteiger partial charge in [-0.05, 0) is 6.42 Å². The summed E-state index contributed by atoms with van der Waals surface area (Å²) >= 11 is 0. The first-order valence-electron chi connectivity index (χ1n) is 4.88. The molecule has 0 atom stereocenters. The molecule has 0 aliphatic heterocycles. The van der Waals surface area contributed by atoms with Gasteiger partial charge < -0.3 is 5.32 Å². The van der Waals surface area contributed by atoms with Crippen LogP contribution < -0.4 is 5.32 Å². The summed E-state index contributed by atoms with van der Waals surface area (Å²) in [6.07, 6.45) is 4.78. The molecule has 0 fully saturated rings. The first-order valence-corrected chi connectivity index (χ1v) is 4.88. The molecule has 5 heteroatoms. The fraction of sp³-hybridized carbons (Fsp3) is 0.667. The topological polar surface area (TPSA) is 59.8 Å². The normalized spacial score (nSPS) is 10.1. The molecule has 0 aliphatic rings. The highest BCUT2D eigenvalue weighted by molar-refractivity contribution is 5.91. The van der Waals surface area contributed by atoms with Gasteiger partial charge in [-0.15, -0.1) is 5.10 Å². The lowest BCUT2D eigenvalue weighted by atomic mass is 10.2. The van der Waals surface area contributed by atoms with Crippen molar-refractivity contribution in [2.24, 2.45) is 7.05 Å². The molecule has 0 saturated heterocycles. The molecule has 0 spiro atoms. The molecule has 1 aromatic heterocycles. The van der Waals surface area contributed by atoms with Crippen LogP contribution in [-0.2, 0) is 7.05 Å². The van der Waals surface area contributed by atoms with E-state index < -0.39 is 0 Å². The number of hydrogen-bond donors (Lipinski definition) is 1. The molecule has 0 unspecified atom stereocenters. The number of unbranched alkanes of at least 4 members (excludes halogenated alkanes) is 2. The third kappa shape index (κ3) is 3.16. The van der Waals surface area contributed by atoms with Crippen LogP contribution in [0.4, 0.5) is 0 Å². The van der Waals surface area contributed by atoms with E-state index >= 15 is 0 Å². The Bertz CT molecular complexity index is 295. The van der Waals surface area contributed by atoms with Gasteiger partial charge in [0.05, 0.1) is 6.20 Å². The van der Waals surface area contributed by atoms with Gasteiger partial charge in [-0.2, -0.15) is 9.90 Å². The molecule has 0 aromatic carbocycles. The SMILES string of the molecule is CCCCCNC(=O)c1cnn(C)n1. The zero-order valence-corrected chi connectivity index (χ0v) is 8.66. The van der Waals surface area contributed by atoms with Crippen molar-refractivity contribution in [1.82, 2.24) is 20.3 Å². The smallest absolute Gasteiger partial charge is 0.273 e. The van der Waals surface area contributed by atoms with Crippen LogP contribution in [0.15, 0.2) is 6.20 Å². The molecule has 1 heterocycles. The first kappa shape index (κ1) is 10.7. The van der Waals surface area contributed by atoms with E-state index in [0.29, 0.717) is 12.2 Å². The lowest BCUT2D eigenvalue weighted by molar-refractivity contribution is 0.0947. The molecule has 0 saturated carbocycles.